The SMILES string of the molecule is CCCNC(=O)[C@H](Cc1ccccc1)N(Cc1ccccc1Cl)C(=O)CN1C(=O)c2ccccc2S1(=O)=O. The van der Waals surface area contributed by atoms with Gasteiger partial charge in [0.05, 0.1) is 5.56 Å². The zero-order valence-electron chi connectivity index (χ0n) is 20.8. The van der Waals surface area contributed by atoms with E-state index in [2.05, 4.69) is 5.32 Å². The largest absolute Gasteiger partial charge is 0.354 e. The van der Waals surface area contributed by atoms with E-state index < -0.39 is 34.4 Å². The zero-order valence-corrected chi connectivity index (χ0v) is 22.4. The van der Waals surface area contributed by atoms with Crippen LogP contribution in [0.4, 0.5) is 0 Å². The predicted octanol–water partition coefficient (Wildman–Crippen LogP) is 3.65. The van der Waals surface area contributed by atoms with Gasteiger partial charge in [0, 0.05) is 24.5 Å². The smallest absolute Gasteiger partial charge is 0.269 e. The molecule has 0 fully saturated rings. The fraction of sp³-hybridized carbons (Fsp3) is 0.250. The molecule has 0 spiro atoms. The molecule has 1 heterocycles. The molecule has 1 aliphatic heterocycles. The average molecular weight is 554 g/mol. The van der Waals surface area contributed by atoms with Gasteiger partial charge in [0.25, 0.3) is 15.9 Å². The van der Waals surface area contributed by atoms with Crippen LogP contribution in [-0.2, 0) is 32.6 Å². The van der Waals surface area contributed by atoms with Gasteiger partial charge in [0.1, 0.15) is 17.5 Å². The molecule has 0 saturated carbocycles. The molecule has 0 saturated heterocycles. The van der Waals surface area contributed by atoms with Gasteiger partial charge >= 0.3 is 0 Å². The third kappa shape index (κ3) is 5.74. The van der Waals surface area contributed by atoms with Crippen LogP contribution in [0.15, 0.2) is 83.8 Å². The molecule has 198 valence electrons. The summed E-state index contributed by atoms with van der Waals surface area (Å²) in [5.41, 5.74) is 1.42. The Morgan fingerprint density at radius 1 is 0.974 bits per heavy atom. The zero-order chi connectivity index (χ0) is 27.3. The summed E-state index contributed by atoms with van der Waals surface area (Å²) in [4.78, 5) is 41.4. The van der Waals surface area contributed by atoms with Crippen LogP contribution < -0.4 is 5.32 Å². The van der Waals surface area contributed by atoms with Crippen molar-refractivity contribution in [3.63, 3.8) is 0 Å². The maximum Gasteiger partial charge on any atom is 0.269 e. The van der Waals surface area contributed by atoms with E-state index in [9.17, 15) is 22.8 Å². The lowest BCUT2D eigenvalue weighted by Crippen LogP contribution is -2.53. The fourth-order valence-corrected chi connectivity index (χ4v) is 6.04. The molecule has 1 atom stereocenters. The molecule has 10 heteroatoms. The van der Waals surface area contributed by atoms with Crippen molar-refractivity contribution in [1.29, 1.82) is 0 Å². The first-order chi connectivity index (χ1) is 18.2. The second-order valence-electron chi connectivity index (χ2n) is 8.92. The number of fused-ring (bicyclic) bond motifs is 1. The van der Waals surface area contributed by atoms with E-state index in [0.717, 1.165) is 5.56 Å². The number of carbonyl (C=O) groups excluding carboxylic acids is 3. The highest BCUT2D eigenvalue weighted by atomic mass is 35.5. The summed E-state index contributed by atoms with van der Waals surface area (Å²) in [7, 11) is -4.21. The van der Waals surface area contributed by atoms with Gasteiger partial charge in [-0.2, -0.15) is 0 Å². The number of hydrogen-bond donors (Lipinski definition) is 1. The number of nitrogens with zero attached hydrogens (tertiary/aromatic N) is 2. The van der Waals surface area contributed by atoms with Crippen molar-refractivity contribution >= 4 is 39.3 Å². The van der Waals surface area contributed by atoms with E-state index in [1.165, 1.54) is 23.1 Å². The number of sulfonamides is 1. The van der Waals surface area contributed by atoms with Crippen molar-refractivity contribution in [3.05, 3.63) is 101 Å². The Bertz CT molecular complexity index is 1450. The lowest BCUT2D eigenvalue weighted by Gasteiger charge is -2.32. The van der Waals surface area contributed by atoms with E-state index in [1.807, 2.05) is 37.3 Å². The van der Waals surface area contributed by atoms with Crippen molar-refractivity contribution in [2.24, 2.45) is 0 Å². The number of nitrogens with one attached hydrogen (secondary N) is 1. The second kappa shape index (κ2) is 11.8. The molecule has 0 aliphatic carbocycles. The normalized spacial score (nSPS) is 14.6. The van der Waals surface area contributed by atoms with Crippen molar-refractivity contribution in [3.8, 4) is 0 Å². The highest BCUT2D eigenvalue weighted by molar-refractivity contribution is 7.90. The van der Waals surface area contributed by atoms with Gasteiger partial charge in [-0.25, -0.2) is 12.7 Å². The summed E-state index contributed by atoms with van der Waals surface area (Å²) in [6, 6.07) is 21.0. The molecular formula is C28H28ClN3O5S. The summed E-state index contributed by atoms with van der Waals surface area (Å²) in [6.07, 6.45) is 0.883. The van der Waals surface area contributed by atoms with Gasteiger partial charge in [0.2, 0.25) is 11.8 Å². The summed E-state index contributed by atoms with van der Waals surface area (Å²) in [6.45, 7) is 1.53. The molecule has 1 N–H and O–H groups in total. The summed E-state index contributed by atoms with van der Waals surface area (Å²) in [5, 5.41) is 3.25. The summed E-state index contributed by atoms with van der Waals surface area (Å²) in [5.74, 6) is -1.85. The van der Waals surface area contributed by atoms with Crippen molar-refractivity contribution in [2.45, 2.75) is 37.2 Å². The van der Waals surface area contributed by atoms with Crippen LogP contribution in [0.5, 0.6) is 0 Å². The number of amides is 3. The molecule has 38 heavy (non-hydrogen) atoms. The Kier molecular flexibility index (Phi) is 8.48. The average Bonchev–Trinajstić information content (AvgIpc) is 3.11. The molecule has 0 unspecified atom stereocenters. The van der Waals surface area contributed by atoms with Crippen molar-refractivity contribution < 1.29 is 22.8 Å². The molecule has 3 aromatic carbocycles. The molecule has 3 amide bonds. The predicted molar refractivity (Wildman–Crippen MR) is 144 cm³/mol. The van der Waals surface area contributed by atoms with E-state index in [0.29, 0.717) is 27.9 Å². The van der Waals surface area contributed by atoms with Crippen LogP contribution in [-0.4, -0.2) is 54.5 Å². The number of benzene rings is 3. The topological polar surface area (TPSA) is 104 Å². The van der Waals surface area contributed by atoms with Gasteiger partial charge < -0.3 is 10.2 Å². The van der Waals surface area contributed by atoms with Gasteiger partial charge in [-0.1, -0.05) is 79.2 Å². The molecule has 0 aromatic heterocycles. The quantitative estimate of drug-likeness (QED) is 0.413. The van der Waals surface area contributed by atoms with E-state index >= 15 is 0 Å². The molecule has 8 nitrogen and oxygen atoms in total. The minimum absolute atomic E-state index is 0.0134. The van der Waals surface area contributed by atoms with Gasteiger partial charge in [-0.3, -0.25) is 14.4 Å². The van der Waals surface area contributed by atoms with Crippen molar-refractivity contribution in [2.75, 3.05) is 13.1 Å². The van der Waals surface area contributed by atoms with E-state index in [-0.39, 0.29) is 29.3 Å². The number of carbonyl (C=O) groups is 3. The first kappa shape index (κ1) is 27.3. The molecule has 0 radical (unpaired) electrons. The third-order valence-corrected chi connectivity index (χ3v) is 8.47. The van der Waals surface area contributed by atoms with Crippen molar-refractivity contribution in [1.82, 2.24) is 14.5 Å². The maximum absolute atomic E-state index is 13.9. The first-order valence-corrected chi connectivity index (χ1v) is 14.1. The van der Waals surface area contributed by atoms with Gasteiger partial charge in [-0.05, 0) is 35.7 Å². The Morgan fingerprint density at radius 2 is 1.63 bits per heavy atom. The standard InChI is InChI=1S/C28H28ClN3O5S/c1-2-16-30-27(34)24(17-20-10-4-3-5-11-20)31(18-21-12-6-8-14-23(21)29)26(33)19-32-28(35)22-13-7-9-15-25(22)38(32,36)37/h3-15,24H,2,16-19H2,1H3,(H,30,34)/t24-/m0/s1. The molecule has 4 rings (SSSR count). The lowest BCUT2D eigenvalue weighted by atomic mass is 10.0. The van der Waals surface area contributed by atoms with Crippen LogP contribution in [0, 0.1) is 0 Å². The van der Waals surface area contributed by atoms with Gasteiger partial charge in [0.15, 0.2) is 0 Å². The lowest BCUT2D eigenvalue weighted by molar-refractivity contribution is -0.141. The highest BCUT2D eigenvalue weighted by Gasteiger charge is 2.43. The minimum atomic E-state index is -4.21. The van der Waals surface area contributed by atoms with Crippen LogP contribution in [0.2, 0.25) is 5.02 Å². The molecular weight excluding hydrogens is 526 g/mol. The molecule has 0 bridgehead atoms. The second-order valence-corrected chi connectivity index (χ2v) is 11.2. The monoisotopic (exact) mass is 553 g/mol. The first-order valence-electron chi connectivity index (χ1n) is 12.2. The minimum Gasteiger partial charge on any atom is -0.354 e. The van der Waals surface area contributed by atoms with Crippen LogP contribution in [0.1, 0.15) is 34.8 Å². The fourth-order valence-electron chi connectivity index (χ4n) is 4.33. The Balaban J connectivity index is 1.71. The summed E-state index contributed by atoms with van der Waals surface area (Å²) >= 11 is 6.40. The highest BCUT2D eigenvalue weighted by Crippen LogP contribution is 2.30. The maximum atomic E-state index is 13.9. The van der Waals surface area contributed by atoms with Gasteiger partial charge in [-0.15, -0.1) is 0 Å². The third-order valence-electron chi connectivity index (χ3n) is 6.31. The number of rotatable bonds is 10. The van der Waals surface area contributed by atoms with Crippen LogP contribution in [0.3, 0.4) is 0 Å². The molecule has 1 aliphatic rings. The molecule has 3 aromatic rings. The number of halogens is 1. The Hall–Kier alpha value is -3.69. The Morgan fingerprint density at radius 3 is 2.32 bits per heavy atom. The van der Waals surface area contributed by atoms with E-state index in [1.54, 1.807) is 30.3 Å². The van der Waals surface area contributed by atoms with E-state index in [4.69, 9.17) is 11.6 Å². The number of hydrogen-bond acceptors (Lipinski definition) is 5. The Labute approximate surface area is 227 Å². The summed E-state index contributed by atoms with van der Waals surface area (Å²) < 4.78 is 26.8. The van der Waals surface area contributed by atoms with Crippen LogP contribution >= 0.6 is 11.6 Å². The van der Waals surface area contributed by atoms with Crippen LogP contribution in [0.25, 0.3) is 0 Å².